The van der Waals surface area contributed by atoms with E-state index in [1.807, 2.05) is 0 Å². The van der Waals surface area contributed by atoms with Gasteiger partial charge in [0.25, 0.3) is 0 Å². The average Bonchev–Trinajstić information content (AvgIpc) is 1.80. The molecule has 0 aliphatic rings. The van der Waals surface area contributed by atoms with Gasteiger partial charge in [0, 0.05) is 6.42 Å². The Bertz CT molecular complexity index is 57.0. The molecule has 0 fully saturated rings. The second-order valence-corrected chi connectivity index (χ2v) is 2.02. The molecule has 0 aliphatic carbocycles. The lowest BCUT2D eigenvalue weighted by atomic mass is 10.4. The van der Waals surface area contributed by atoms with Gasteiger partial charge in [-0.05, 0) is 19.5 Å². The van der Waals surface area contributed by atoms with E-state index in [1.54, 1.807) is 0 Å². The zero-order chi connectivity index (χ0) is 7.11. The third kappa shape index (κ3) is 7.88. The normalized spacial score (nSPS) is 10.7. The molecule has 0 saturated heterocycles. The highest BCUT2D eigenvalue weighted by Crippen LogP contribution is 1.81. The maximum Gasteiger partial charge on any atom is 0.152 e. The van der Waals surface area contributed by atoms with E-state index in [0.717, 1.165) is 13.0 Å². The van der Waals surface area contributed by atoms with Crippen LogP contribution in [0.1, 0.15) is 19.8 Å². The topological polar surface area (TPSA) is 52.5 Å². The minimum atomic E-state index is -1.16. The van der Waals surface area contributed by atoms with Crippen LogP contribution in [-0.4, -0.2) is 29.6 Å². The van der Waals surface area contributed by atoms with Crippen molar-refractivity contribution in [1.82, 2.24) is 5.32 Å². The summed E-state index contributed by atoms with van der Waals surface area (Å²) in [5, 5.41) is 19.8. The van der Waals surface area contributed by atoms with E-state index in [0.29, 0.717) is 13.0 Å². The first-order valence-electron chi connectivity index (χ1n) is 3.34. The van der Waals surface area contributed by atoms with Crippen molar-refractivity contribution in [3.8, 4) is 0 Å². The summed E-state index contributed by atoms with van der Waals surface area (Å²) in [6.45, 7) is 3.71. The maximum absolute atomic E-state index is 8.37. The van der Waals surface area contributed by atoms with Crippen LogP contribution in [0.15, 0.2) is 0 Å². The lowest BCUT2D eigenvalue weighted by Crippen LogP contribution is -2.20. The van der Waals surface area contributed by atoms with Crippen molar-refractivity contribution in [2.24, 2.45) is 0 Å². The number of hydrogen-bond donors (Lipinski definition) is 3. The fraction of sp³-hybridized carbons (Fsp3) is 1.00. The minimum absolute atomic E-state index is 0.417. The third-order valence-corrected chi connectivity index (χ3v) is 1.01. The van der Waals surface area contributed by atoms with Crippen molar-refractivity contribution in [3.63, 3.8) is 0 Å². The molecule has 0 amide bonds. The second-order valence-electron chi connectivity index (χ2n) is 2.02. The molecule has 0 radical (unpaired) electrons. The van der Waals surface area contributed by atoms with Crippen molar-refractivity contribution in [2.75, 3.05) is 13.1 Å². The molecule has 0 aliphatic heterocycles. The van der Waals surface area contributed by atoms with E-state index >= 15 is 0 Å². The van der Waals surface area contributed by atoms with E-state index in [9.17, 15) is 0 Å². The first kappa shape index (κ1) is 8.88. The number of nitrogens with one attached hydrogen (secondary N) is 1. The molecule has 0 atom stereocenters. The van der Waals surface area contributed by atoms with Crippen LogP contribution in [0.3, 0.4) is 0 Å². The molecular formula is C6H15NO2. The van der Waals surface area contributed by atoms with Crippen molar-refractivity contribution < 1.29 is 10.2 Å². The Balaban J connectivity index is 2.75. The van der Waals surface area contributed by atoms with Gasteiger partial charge in [0.2, 0.25) is 0 Å². The van der Waals surface area contributed by atoms with Gasteiger partial charge in [-0.3, -0.25) is 0 Å². The summed E-state index contributed by atoms with van der Waals surface area (Å²) in [7, 11) is 0. The zero-order valence-electron chi connectivity index (χ0n) is 5.80. The Morgan fingerprint density at radius 1 is 1.33 bits per heavy atom. The molecule has 0 rings (SSSR count). The summed E-state index contributed by atoms with van der Waals surface area (Å²) in [4.78, 5) is 0. The van der Waals surface area contributed by atoms with Gasteiger partial charge in [-0.2, -0.15) is 0 Å². The van der Waals surface area contributed by atoms with Gasteiger partial charge in [-0.25, -0.2) is 0 Å². The van der Waals surface area contributed by atoms with E-state index in [1.165, 1.54) is 0 Å². The monoisotopic (exact) mass is 133 g/mol. The Labute approximate surface area is 55.7 Å². The standard InChI is InChI=1S/C6H15NO2/c1-2-4-7-5-3-6(8)9/h6-9H,2-5H2,1H3. The summed E-state index contributed by atoms with van der Waals surface area (Å²) in [6, 6.07) is 0. The van der Waals surface area contributed by atoms with Crippen LogP contribution in [0.5, 0.6) is 0 Å². The van der Waals surface area contributed by atoms with Gasteiger partial charge in [0.05, 0.1) is 0 Å². The smallest absolute Gasteiger partial charge is 0.152 e. The van der Waals surface area contributed by atoms with Gasteiger partial charge in [0.15, 0.2) is 6.29 Å². The Hall–Kier alpha value is -0.120. The predicted octanol–water partition coefficient (Wildman–Crippen LogP) is -0.313. The second kappa shape index (κ2) is 6.01. The number of hydrogen-bond acceptors (Lipinski definition) is 3. The Kier molecular flexibility index (Phi) is 5.93. The van der Waals surface area contributed by atoms with E-state index in [-0.39, 0.29) is 0 Å². The van der Waals surface area contributed by atoms with Crippen LogP contribution in [0, 0.1) is 0 Å². The lowest BCUT2D eigenvalue weighted by Gasteiger charge is -2.03. The molecule has 0 heterocycles. The van der Waals surface area contributed by atoms with Gasteiger partial charge in [-0.1, -0.05) is 6.92 Å². The molecular weight excluding hydrogens is 118 g/mol. The fourth-order valence-corrected chi connectivity index (χ4v) is 0.533. The first-order chi connectivity index (χ1) is 4.27. The van der Waals surface area contributed by atoms with Crippen molar-refractivity contribution in [1.29, 1.82) is 0 Å². The molecule has 0 spiro atoms. The fourth-order valence-electron chi connectivity index (χ4n) is 0.533. The van der Waals surface area contributed by atoms with E-state index < -0.39 is 6.29 Å². The van der Waals surface area contributed by atoms with Crippen molar-refractivity contribution in [2.45, 2.75) is 26.1 Å². The maximum atomic E-state index is 8.37. The summed E-state index contributed by atoms with van der Waals surface area (Å²) >= 11 is 0. The molecule has 0 aromatic carbocycles. The highest BCUT2D eigenvalue weighted by Gasteiger charge is 1.93. The van der Waals surface area contributed by atoms with Crippen molar-refractivity contribution >= 4 is 0 Å². The summed E-state index contributed by atoms with van der Waals surface area (Å²) in [5.41, 5.74) is 0. The molecule has 3 heteroatoms. The quantitative estimate of drug-likeness (QED) is 0.356. The van der Waals surface area contributed by atoms with Crippen LogP contribution in [0.2, 0.25) is 0 Å². The Morgan fingerprint density at radius 2 is 2.00 bits per heavy atom. The van der Waals surface area contributed by atoms with Crippen LogP contribution in [0.4, 0.5) is 0 Å². The average molecular weight is 133 g/mol. The van der Waals surface area contributed by atoms with Gasteiger partial charge in [0.1, 0.15) is 0 Å². The molecule has 3 nitrogen and oxygen atoms in total. The predicted molar refractivity (Wildman–Crippen MR) is 36.0 cm³/mol. The SMILES string of the molecule is CCCNCCC(O)O. The van der Waals surface area contributed by atoms with Gasteiger partial charge in [-0.15, -0.1) is 0 Å². The lowest BCUT2D eigenvalue weighted by molar-refractivity contribution is -0.0443. The molecule has 0 bridgehead atoms. The number of aliphatic hydroxyl groups excluding tert-OH is 1. The minimum Gasteiger partial charge on any atom is -0.368 e. The molecule has 0 aromatic heterocycles. The molecule has 3 N–H and O–H groups in total. The summed E-state index contributed by atoms with van der Waals surface area (Å²) < 4.78 is 0. The van der Waals surface area contributed by atoms with Gasteiger partial charge < -0.3 is 15.5 Å². The van der Waals surface area contributed by atoms with Crippen LogP contribution in [-0.2, 0) is 0 Å². The number of rotatable bonds is 5. The molecule has 0 aromatic rings. The highest BCUT2D eigenvalue weighted by molar-refractivity contribution is 4.46. The van der Waals surface area contributed by atoms with Crippen LogP contribution >= 0.6 is 0 Å². The number of aliphatic hydroxyl groups is 2. The van der Waals surface area contributed by atoms with Crippen molar-refractivity contribution in [3.05, 3.63) is 0 Å². The Morgan fingerprint density at radius 3 is 2.44 bits per heavy atom. The molecule has 9 heavy (non-hydrogen) atoms. The van der Waals surface area contributed by atoms with Crippen LogP contribution in [0.25, 0.3) is 0 Å². The molecule has 56 valence electrons. The first-order valence-corrected chi connectivity index (χ1v) is 3.34. The largest absolute Gasteiger partial charge is 0.368 e. The van der Waals surface area contributed by atoms with E-state index in [4.69, 9.17) is 10.2 Å². The summed E-state index contributed by atoms with van der Waals surface area (Å²) in [5.74, 6) is 0. The summed E-state index contributed by atoms with van der Waals surface area (Å²) in [6.07, 6.45) is 0.344. The van der Waals surface area contributed by atoms with Crippen LogP contribution < -0.4 is 5.32 Å². The third-order valence-electron chi connectivity index (χ3n) is 1.01. The zero-order valence-corrected chi connectivity index (χ0v) is 5.80. The molecule has 0 saturated carbocycles. The van der Waals surface area contributed by atoms with Gasteiger partial charge >= 0.3 is 0 Å². The molecule has 0 unspecified atom stereocenters. The van der Waals surface area contributed by atoms with E-state index in [2.05, 4.69) is 12.2 Å². The highest BCUT2D eigenvalue weighted by atomic mass is 16.5.